The number of anilines is 1. The molecule has 0 unspecified atom stereocenters. The van der Waals surface area contributed by atoms with Crippen LogP contribution in [0.2, 0.25) is 0 Å². The van der Waals surface area contributed by atoms with Gasteiger partial charge in [-0.2, -0.15) is 10.4 Å². The number of rotatable bonds is 8. The standard InChI is InChI=1S/C29H32F3N7O3/c1-28(2,42)25(30)14-35-26(40)21-13-34-23(24-8-7-20-9-17(11-33)12-36-39(20)24)10-22(21)37-19-5-3-18(4-6-19)27(41)38-15-29(31,32)16-38/h7-10,12-13,18-19,25,42H,3-6,14-16H2,1-2H3,(H,34,37)(H,35,40)/t18?,19?,25-/m1/s1. The summed E-state index contributed by atoms with van der Waals surface area (Å²) >= 11 is 0. The molecule has 2 aliphatic rings. The number of fused-ring (bicyclic) bond motifs is 1. The number of alkyl halides is 3. The molecule has 1 saturated heterocycles. The van der Waals surface area contributed by atoms with Gasteiger partial charge in [0.15, 0.2) is 0 Å². The van der Waals surface area contributed by atoms with E-state index in [4.69, 9.17) is 0 Å². The second-order valence-electron chi connectivity index (χ2n) is 11.6. The summed E-state index contributed by atoms with van der Waals surface area (Å²) in [6, 6.07) is 8.91. The Labute approximate surface area is 240 Å². The lowest BCUT2D eigenvalue weighted by Crippen LogP contribution is -2.60. The molecule has 1 atom stereocenters. The van der Waals surface area contributed by atoms with E-state index in [-0.39, 0.29) is 23.4 Å². The van der Waals surface area contributed by atoms with E-state index in [1.165, 1.54) is 31.1 Å². The third-order valence-corrected chi connectivity index (χ3v) is 7.84. The zero-order valence-corrected chi connectivity index (χ0v) is 23.3. The fraction of sp³-hybridized carbons (Fsp3) is 0.483. The molecule has 1 saturated carbocycles. The minimum Gasteiger partial charge on any atom is -0.387 e. The SMILES string of the molecule is CC(C)(O)[C@H](F)CNC(=O)c1cnc(-c2ccc3cc(C#N)cnn23)cc1NC1CCC(C(=O)N2CC(F)(F)C2)CC1. The maximum Gasteiger partial charge on any atom is 0.282 e. The quantitative estimate of drug-likeness (QED) is 0.369. The van der Waals surface area contributed by atoms with Crippen LogP contribution >= 0.6 is 0 Å². The van der Waals surface area contributed by atoms with Crippen LogP contribution in [0, 0.1) is 17.2 Å². The Kier molecular flexibility index (Phi) is 7.85. The Bertz CT molecular complexity index is 1530. The highest BCUT2D eigenvalue weighted by molar-refractivity contribution is 6.00. The minimum atomic E-state index is -2.81. The molecular weight excluding hydrogens is 551 g/mol. The van der Waals surface area contributed by atoms with Gasteiger partial charge in [0.2, 0.25) is 5.91 Å². The van der Waals surface area contributed by atoms with Crippen molar-refractivity contribution >= 4 is 23.0 Å². The number of aliphatic hydroxyl groups is 1. The van der Waals surface area contributed by atoms with Gasteiger partial charge in [-0.15, -0.1) is 0 Å². The maximum atomic E-state index is 14.3. The largest absolute Gasteiger partial charge is 0.387 e. The Morgan fingerprint density at radius 3 is 2.55 bits per heavy atom. The third-order valence-electron chi connectivity index (χ3n) is 7.84. The molecule has 5 rings (SSSR count). The zero-order chi connectivity index (χ0) is 30.2. The lowest BCUT2D eigenvalue weighted by atomic mass is 9.84. The Hall–Kier alpha value is -4.18. The van der Waals surface area contributed by atoms with Crippen LogP contribution in [-0.4, -0.2) is 79.8 Å². The summed E-state index contributed by atoms with van der Waals surface area (Å²) in [5.74, 6) is -3.96. The van der Waals surface area contributed by atoms with Crippen LogP contribution in [0.25, 0.3) is 16.9 Å². The van der Waals surface area contributed by atoms with Gasteiger partial charge in [0.25, 0.3) is 11.8 Å². The van der Waals surface area contributed by atoms with Gasteiger partial charge in [-0.1, -0.05) is 0 Å². The van der Waals surface area contributed by atoms with Crippen LogP contribution < -0.4 is 10.6 Å². The van der Waals surface area contributed by atoms with Crippen LogP contribution in [0.5, 0.6) is 0 Å². The molecular formula is C29H32F3N7O3. The Balaban J connectivity index is 1.36. The monoisotopic (exact) mass is 583 g/mol. The summed E-state index contributed by atoms with van der Waals surface area (Å²) in [5, 5.41) is 29.3. The average molecular weight is 584 g/mol. The van der Waals surface area contributed by atoms with Gasteiger partial charge in [-0.3, -0.25) is 14.6 Å². The van der Waals surface area contributed by atoms with Crippen LogP contribution in [0.3, 0.4) is 0 Å². The first-order chi connectivity index (χ1) is 19.8. The number of likely N-dealkylation sites (tertiary alicyclic amines) is 1. The van der Waals surface area contributed by atoms with Crippen molar-refractivity contribution in [2.45, 2.75) is 63.3 Å². The van der Waals surface area contributed by atoms with E-state index in [9.17, 15) is 33.1 Å². The molecule has 42 heavy (non-hydrogen) atoms. The number of nitrogens with one attached hydrogen (secondary N) is 2. The number of nitrogens with zero attached hydrogens (tertiary/aromatic N) is 5. The smallest absolute Gasteiger partial charge is 0.282 e. The van der Waals surface area contributed by atoms with Crippen molar-refractivity contribution < 1.29 is 27.9 Å². The number of pyridine rings is 1. The molecule has 13 heteroatoms. The summed E-state index contributed by atoms with van der Waals surface area (Å²) in [5.41, 5.74) is 1.19. The topological polar surface area (TPSA) is 136 Å². The molecule has 3 aromatic rings. The summed E-state index contributed by atoms with van der Waals surface area (Å²) in [6.45, 7) is 1.17. The van der Waals surface area contributed by atoms with E-state index in [1.807, 2.05) is 0 Å². The second kappa shape index (κ2) is 11.2. The van der Waals surface area contributed by atoms with Crippen molar-refractivity contribution in [2.75, 3.05) is 25.0 Å². The predicted octanol–water partition coefficient (Wildman–Crippen LogP) is 3.55. The molecule has 1 aliphatic carbocycles. The van der Waals surface area contributed by atoms with Gasteiger partial charge < -0.3 is 20.6 Å². The van der Waals surface area contributed by atoms with Crippen molar-refractivity contribution in [1.82, 2.24) is 24.8 Å². The zero-order valence-electron chi connectivity index (χ0n) is 23.3. The third kappa shape index (κ3) is 6.18. The number of halogens is 3. The van der Waals surface area contributed by atoms with Gasteiger partial charge in [0.1, 0.15) is 12.2 Å². The number of carbonyl (C=O) groups excluding carboxylic acids is 2. The van der Waals surface area contributed by atoms with Crippen molar-refractivity contribution in [3.63, 3.8) is 0 Å². The molecule has 2 fully saturated rings. The predicted molar refractivity (Wildman–Crippen MR) is 148 cm³/mol. The van der Waals surface area contributed by atoms with Gasteiger partial charge in [0, 0.05) is 18.2 Å². The Morgan fingerprint density at radius 1 is 1.19 bits per heavy atom. The lowest BCUT2D eigenvalue weighted by molar-refractivity contribution is -0.170. The molecule has 0 radical (unpaired) electrons. The molecule has 10 nitrogen and oxygen atoms in total. The van der Waals surface area contributed by atoms with Crippen LogP contribution in [0.1, 0.15) is 55.5 Å². The highest BCUT2D eigenvalue weighted by Crippen LogP contribution is 2.34. The first kappa shape index (κ1) is 29.3. The van der Waals surface area contributed by atoms with Gasteiger partial charge in [0.05, 0.1) is 65.2 Å². The van der Waals surface area contributed by atoms with E-state index < -0.39 is 43.2 Å². The van der Waals surface area contributed by atoms with E-state index in [1.54, 1.807) is 28.8 Å². The molecule has 2 amide bonds. The summed E-state index contributed by atoms with van der Waals surface area (Å²) in [4.78, 5) is 31.4. The normalized spacial score (nSPS) is 20.8. The molecule has 0 aromatic carbocycles. The minimum absolute atomic E-state index is 0.112. The first-order valence-electron chi connectivity index (χ1n) is 13.8. The fourth-order valence-electron chi connectivity index (χ4n) is 5.31. The molecule has 1 aliphatic heterocycles. The molecule has 222 valence electrons. The average Bonchev–Trinajstić information content (AvgIpc) is 3.37. The fourth-order valence-corrected chi connectivity index (χ4v) is 5.31. The molecule has 3 N–H and O–H groups in total. The lowest BCUT2D eigenvalue weighted by Gasteiger charge is -2.41. The molecule has 3 aromatic heterocycles. The number of carbonyl (C=O) groups is 2. The van der Waals surface area contributed by atoms with Crippen molar-refractivity contribution in [3.8, 4) is 17.5 Å². The first-order valence-corrected chi connectivity index (χ1v) is 13.8. The second-order valence-corrected chi connectivity index (χ2v) is 11.6. The van der Waals surface area contributed by atoms with E-state index >= 15 is 0 Å². The number of nitriles is 1. The maximum absolute atomic E-state index is 14.3. The number of hydrogen-bond donors (Lipinski definition) is 3. The van der Waals surface area contributed by atoms with Crippen molar-refractivity contribution in [3.05, 3.63) is 47.8 Å². The molecule has 0 bridgehead atoms. The number of amides is 2. The van der Waals surface area contributed by atoms with Crippen molar-refractivity contribution in [2.24, 2.45) is 5.92 Å². The van der Waals surface area contributed by atoms with Gasteiger partial charge >= 0.3 is 0 Å². The summed E-state index contributed by atoms with van der Waals surface area (Å²) < 4.78 is 42.5. The van der Waals surface area contributed by atoms with Crippen LogP contribution in [-0.2, 0) is 4.79 Å². The summed E-state index contributed by atoms with van der Waals surface area (Å²) in [7, 11) is 0. The molecule has 4 heterocycles. The van der Waals surface area contributed by atoms with E-state index in [2.05, 4.69) is 26.8 Å². The van der Waals surface area contributed by atoms with Crippen molar-refractivity contribution in [1.29, 1.82) is 5.26 Å². The van der Waals surface area contributed by atoms with Gasteiger partial charge in [-0.05, 0) is 63.8 Å². The molecule has 0 spiro atoms. The van der Waals surface area contributed by atoms with Crippen LogP contribution in [0.4, 0.5) is 18.9 Å². The number of aromatic nitrogens is 3. The van der Waals surface area contributed by atoms with E-state index in [0.717, 1.165) is 0 Å². The van der Waals surface area contributed by atoms with Crippen LogP contribution in [0.15, 0.2) is 36.7 Å². The van der Waals surface area contributed by atoms with Gasteiger partial charge in [-0.25, -0.2) is 17.7 Å². The Morgan fingerprint density at radius 2 is 1.90 bits per heavy atom. The number of hydrogen-bond acceptors (Lipinski definition) is 7. The highest BCUT2D eigenvalue weighted by atomic mass is 19.3. The highest BCUT2D eigenvalue weighted by Gasteiger charge is 2.47. The van der Waals surface area contributed by atoms with E-state index in [0.29, 0.717) is 53.8 Å². The summed E-state index contributed by atoms with van der Waals surface area (Å²) in [6.07, 6.45) is 3.32.